The van der Waals surface area contributed by atoms with Gasteiger partial charge < -0.3 is 4.90 Å². The Morgan fingerprint density at radius 2 is 2.07 bits per heavy atom. The van der Waals surface area contributed by atoms with Crippen molar-refractivity contribution in [2.75, 3.05) is 23.5 Å². The Balaban J connectivity index is 1.64. The van der Waals surface area contributed by atoms with Crippen molar-refractivity contribution >= 4 is 26.7 Å². The standard InChI is InChI=1S/C17H23N7O2S/c1-11-15(12(2)24(21-11)13-5-6-27(25,26)9-13)8-22(3)16-14-7-20-23(4)17(14)19-10-18-16/h7,10,13H,5-6,8-9H2,1-4H3/t13-/m1/s1. The van der Waals surface area contributed by atoms with Crippen LogP contribution >= 0.6 is 0 Å². The lowest BCUT2D eigenvalue weighted by molar-refractivity contribution is 0.485. The highest BCUT2D eigenvalue weighted by Gasteiger charge is 2.31. The highest BCUT2D eigenvalue weighted by Crippen LogP contribution is 2.28. The predicted molar refractivity (Wildman–Crippen MR) is 102 cm³/mol. The van der Waals surface area contributed by atoms with Crippen LogP contribution in [-0.4, -0.2) is 56.5 Å². The maximum absolute atomic E-state index is 11.8. The van der Waals surface area contributed by atoms with Gasteiger partial charge in [-0.25, -0.2) is 18.4 Å². The molecule has 144 valence electrons. The first-order valence-corrected chi connectivity index (χ1v) is 10.7. The topological polar surface area (TPSA) is 98.8 Å². The van der Waals surface area contributed by atoms with Crippen molar-refractivity contribution in [3.05, 3.63) is 29.5 Å². The molecule has 4 rings (SSSR count). The Morgan fingerprint density at radius 1 is 1.30 bits per heavy atom. The van der Waals surface area contributed by atoms with Crippen LogP contribution in [0.25, 0.3) is 11.0 Å². The molecule has 3 aromatic rings. The van der Waals surface area contributed by atoms with Crippen LogP contribution in [0.3, 0.4) is 0 Å². The lowest BCUT2D eigenvalue weighted by Crippen LogP contribution is -2.19. The SMILES string of the molecule is Cc1nn([C@@H]2CCS(=O)(=O)C2)c(C)c1CN(C)c1ncnc2c1cnn2C. The summed E-state index contributed by atoms with van der Waals surface area (Å²) in [6.07, 6.45) is 3.94. The second-order valence-corrected chi connectivity index (χ2v) is 9.44. The quantitative estimate of drug-likeness (QED) is 0.660. The van der Waals surface area contributed by atoms with Gasteiger partial charge in [0.25, 0.3) is 0 Å². The van der Waals surface area contributed by atoms with Gasteiger partial charge in [0.2, 0.25) is 0 Å². The van der Waals surface area contributed by atoms with E-state index in [1.54, 1.807) is 17.2 Å². The van der Waals surface area contributed by atoms with E-state index >= 15 is 0 Å². The van der Waals surface area contributed by atoms with Crippen molar-refractivity contribution in [1.29, 1.82) is 0 Å². The molecule has 0 N–H and O–H groups in total. The normalized spacial score (nSPS) is 19.0. The molecular weight excluding hydrogens is 366 g/mol. The van der Waals surface area contributed by atoms with Crippen molar-refractivity contribution in [1.82, 2.24) is 29.5 Å². The number of aromatic nitrogens is 6. The van der Waals surface area contributed by atoms with E-state index in [1.165, 1.54) is 0 Å². The summed E-state index contributed by atoms with van der Waals surface area (Å²) in [5, 5.41) is 9.81. The Labute approximate surface area is 157 Å². The molecule has 1 saturated heterocycles. The molecule has 4 heterocycles. The van der Waals surface area contributed by atoms with E-state index in [2.05, 4.69) is 25.1 Å². The molecule has 0 amide bonds. The summed E-state index contributed by atoms with van der Waals surface area (Å²) < 4.78 is 27.3. The summed E-state index contributed by atoms with van der Waals surface area (Å²) in [5.74, 6) is 1.22. The maximum atomic E-state index is 11.8. The third kappa shape index (κ3) is 3.07. The average molecular weight is 389 g/mol. The molecule has 27 heavy (non-hydrogen) atoms. The Morgan fingerprint density at radius 3 is 2.78 bits per heavy atom. The van der Waals surface area contributed by atoms with Crippen molar-refractivity contribution in [3.63, 3.8) is 0 Å². The minimum Gasteiger partial charge on any atom is -0.354 e. The fraction of sp³-hybridized carbons (Fsp3) is 0.529. The molecule has 1 fully saturated rings. The first-order chi connectivity index (χ1) is 12.8. The van der Waals surface area contributed by atoms with E-state index in [-0.39, 0.29) is 17.5 Å². The summed E-state index contributed by atoms with van der Waals surface area (Å²) >= 11 is 0. The number of sulfone groups is 1. The summed E-state index contributed by atoms with van der Waals surface area (Å²) in [5.41, 5.74) is 3.81. The fourth-order valence-electron chi connectivity index (χ4n) is 3.82. The number of anilines is 1. The molecule has 1 aliphatic heterocycles. The molecule has 0 aromatic carbocycles. The summed E-state index contributed by atoms with van der Waals surface area (Å²) in [6.45, 7) is 4.60. The van der Waals surface area contributed by atoms with Crippen molar-refractivity contribution < 1.29 is 8.42 Å². The van der Waals surface area contributed by atoms with Crippen molar-refractivity contribution in [3.8, 4) is 0 Å². The van der Waals surface area contributed by atoms with Crippen LogP contribution in [0.1, 0.15) is 29.4 Å². The van der Waals surface area contributed by atoms with Gasteiger partial charge in [-0.2, -0.15) is 10.2 Å². The summed E-state index contributed by atoms with van der Waals surface area (Å²) in [6, 6.07) is -0.0724. The van der Waals surface area contributed by atoms with Crippen LogP contribution in [0.15, 0.2) is 12.5 Å². The largest absolute Gasteiger partial charge is 0.354 e. The summed E-state index contributed by atoms with van der Waals surface area (Å²) in [4.78, 5) is 10.8. The minimum absolute atomic E-state index is 0.0724. The zero-order chi connectivity index (χ0) is 19.3. The van der Waals surface area contributed by atoms with Crippen LogP contribution in [0.2, 0.25) is 0 Å². The molecular formula is C17H23N7O2S. The lowest BCUT2D eigenvalue weighted by atomic mass is 10.1. The number of fused-ring (bicyclic) bond motifs is 1. The van der Waals surface area contributed by atoms with Gasteiger partial charge in [-0.05, 0) is 20.3 Å². The molecule has 0 bridgehead atoms. The van der Waals surface area contributed by atoms with E-state index in [1.807, 2.05) is 32.6 Å². The van der Waals surface area contributed by atoms with Crippen LogP contribution in [0.5, 0.6) is 0 Å². The Kier molecular flexibility index (Phi) is 4.17. The van der Waals surface area contributed by atoms with E-state index in [4.69, 9.17) is 0 Å². The van der Waals surface area contributed by atoms with E-state index in [9.17, 15) is 8.42 Å². The highest BCUT2D eigenvalue weighted by molar-refractivity contribution is 7.91. The molecule has 0 saturated carbocycles. The van der Waals surface area contributed by atoms with E-state index in [0.29, 0.717) is 13.0 Å². The Hall–Kier alpha value is -2.49. The molecule has 0 unspecified atom stereocenters. The monoisotopic (exact) mass is 389 g/mol. The van der Waals surface area contributed by atoms with Gasteiger partial charge in [-0.15, -0.1) is 0 Å². The average Bonchev–Trinajstić information content (AvgIpc) is 3.26. The third-order valence-electron chi connectivity index (χ3n) is 5.29. The summed E-state index contributed by atoms with van der Waals surface area (Å²) in [7, 11) is 0.882. The van der Waals surface area contributed by atoms with Gasteiger partial charge >= 0.3 is 0 Å². The number of aryl methyl sites for hydroxylation is 2. The molecule has 1 aliphatic rings. The predicted octanol–water partition coefficient (Wildman–Crippen LogP) is 1.17. The molecule has 10 heteroatoms. The van der Waals surface area contributed by atoms with Gasteiger partial charge in [0.15, 0.2) is 15.5 Å². The van der Waals surface area contributed by atoms with Gasteiger partial charge in [-0.3, -0.25) is 9.36 Å². The minimum atomic E-state index is -2.95. The molecule has 3 aromatic heterocycles. The van der Waals surface area contributed by atoms with Gasteiger partial charge in [0.1, 0.15) is 12.1 Å². The highest BCUT2D eigenvalue weighted by atomic mass is 32.2. The van der Waals surface area contributed by atoms with Gasteiger partial charge in [-0.1, -0.05) is 0 Å². The van der Waals surface area contributed by atoms with Crippen LogP contribution < -0.4 is 4.90 Å². The smallest absolute Gasteiger partial charge is 0.163 e. The molecule has 0 radical (unpaired) electrons. The van der Waals surface area contributed by atoms with Gasteiger partial charge in [0.05, 0.1) is 34.8 Å². The zero-order valence-electron chi connectivity index (χ0n) is 15.9. The third-order valence-corrected chi connectivity index (χ3v) is 7.04. The second-order valence-electron chi connectivity index (χ2n) is 7.21. The lowest BCUT2D eigenvalue weighted by Gasteiger charge is -2.19. The van der Waals surface area contributed by atoms with Crippen LogP contribution in [0, 0.1) is 13.8 Å². The number of nitrogens with zero attached hydrogens (tertiary/aromatic N) is 7. The second kappa shape index (κ2) is 6.29. The van der Waals surface area contributed by atoms with E-state index < -0.39 is 9.84 Å². The molecule has 9 nitrogen and oxygen atoms in total. The molecule has 1 atom stereocenters. The number of rotatable bonds is 4. The Bertz CT molecular complexity index is 1120. The van der Waals surface area contributed by atoms with Crippen LogP contribution in [0.4, 0.5) is 5.82 Å². The first-order valence-electron chi connectivity index (χ1n) is 8.85. The van der Waals surface area contributed by atoms with Crippen LogP contribution in [-0.2, 0) is 23.4 Å². The molecule has 0 aliphatic carbocycles. The van der Waals surface area contributed by atoms with E-state index in [0.717, 1.165) is 33.8 Å². The first kappa shape index (κ1) is 17.9. The number of hydrogen-bond acceptors (Lipinski definition) is 7. The molecule has 0 spiro atoms. The number of hydrogen-bond donors (Lipinski definition) is 0. The van der Waals surface area contributed by atoms with Crippen molar-refractivity contribution in [2.45, 2.75) is 32.9 Å². The van der Waals surface area contributed by atoms with Crippen molar-refractivity contribution in [2.24, 2.45) is 7.05 Å². The fourth-order valence-corrected chi connectivity index (χ4v) is 5.51. The zero-order valence-corrected chi connectivity index (χ0v) is 16.7. The maximum Gasteiger partial charge on any atom is 0.163 e. The van der Waals surface area contributed by atoms with Gasteiger partial charge in [0, 0.05) is 31.9 Å².